The number of benzene rings is 2. The van der Waals surface area contributed by atoms with Crippen LogP contribution in [-0.2, 0) is 29.9 Å². The highest BCUT2D eigenvalue weighted by molar-refractivity contribution is 7.90. The molecule has 0 aliphatic carbocycles. The third-order valence-corrected chi connectivity index (χ3v) is 6.62. The SMILES string of the molecule is COC(=O)C1=C(Nc2ccc(CS(=O)(=O)c3ccc(C)cc3)cc2)C(=O)N(CCO)C1. The van der Waals surface area contributed by atoms with Crippen LogP contribution in [-0.4, -0.2) is 57.1 Å². The fourth-order valence-electron chi connectivity index (χ4n) is 3.23. The number of esters is 1. The van der Waals surface area contributed by atoms with Crippen LogP contribution < -0.4 is 5.32 Å². The Morgan fingerprint density at radius 3 is 2.35 bits per heavy atom. The quantitative estimate of drug-likeness (QED) is 0.595. The molecule has 164 valence electrons. The number of amides is 1. The predicted octanol–water partition coefficient (Wildman–Crippen LogP) is 1.64. The number of aliphatic hydroxyl groups excluding tert-OH is 1. The first-order chi connectivity index (χ1) is 14.7. The van der Waals surface area contributed by atoms with E-state index in [1.807, 2.05) is 6.92 Å². The maximum absolute atomic E-state index is 12.6. The lowest BCUT2D eigenvalue weighted by molar-refractivity contribution is -0.136. The van der Waals surface area contributed by atoms with Crippen LogP contribution in [0.5, 0.6) is 0 Å². The van der Waals surface area contributed by atoms with E-state index in [2.05, 4.69) is 5.32 Å². The van der Waals surface area contributed by atoms with E-state index in [0.717, 1.165) is 5.56 Å². The van der Waals surface area contributed by atoms with Gasteiger partial charge in [0, 0.05) is 12.2 Å². The Hall–Kier alpha value is -3.17. The molecule has 2 aromatic rings. The van der Waals surface area contributed by atoms with Crippen LogP contribution in [0.2, 0.25) is 0 Å². The Morgan fingerprint density at radius 1 is 1.13 bits per heavy atom. The maximum Gasteiger partial charge on any atom is 0.337 e. The molecular formula is C22H24N2O6S. The van der Waals surface area contributed by atoms with Crippen LogP contribution >= 0.6 is 0 Å². The van der Waals surface area contributed by atoms with E-state index in [1.165, 1.54) is 12.0 Å². The number of aliphatic hydroxyl groups is 1. The van der Waals surface area contributed by atoms with Gasteiger partial charge in [-0.25, -0.2) is 13.2 Å². The van der Waals surface area contributed by atoms with E-state index in [4.69, 9.17) is 9.84 Å². The molecule has 1 amide bonds. The number of nitrogens with zero attached hydrogens (tertiary/aromatic N) is 1. The fraction of sp³-hybridized carbons (Fsp3) is 0.273. The standard InChI is InChI=1S/C22H24N2O6S/c1-15-3-9-18(10-4-15)31(28,29)14-16-5-7-17(8-6-16)23-20-19(22(27)30-2)13-24(11-12-25)21(20)26/h3-10,23,25H,11-14H2,1-2H3. The highest BCUT2D eigenvalue weighted by Gasteiger charge is 2.34. The summed E-state index contributed by atoms with van der Waals surface area (Å²) in [4.78, 5) is 26.2. The van der Waals surface area contributed by atoms with Crippen molar-refractivity contribution in [1.82, 2.24) is 4.90 Å². The second kappa shape index (κ2) is 9.32. The zero-order valence-electron chi connectivity index (χ0n) is 17.3. The van der Waals surface area contributed by atoms with Crippen LogP contribution in [0.1, 0.15) is 11.1 Å². The van der Waals surface area contributed by atoms with E-state index < -0.39 is 21.7 Å². The summed E-state index contributed by atoms with van der Waals surface area (Å²) in [7, 11) is -2.25. The van der Waals surface area contributed by atoms with Crippen molar-refractivity contribution in [3.05, 3.63) is 70.9 Å². The number of ether oxygens (including phenoxy) is 1. The molecule has 0 bridgehead atoms. The van der Waals surface area contributed by atoms with Crippen molar-refractivity contribution in [3.63, 3.8) is 0 Å². The van der Waals surface area contributed by atoms with Gasteiger partial charge in [-0.15, -0.1) is 0 Å². The third-order valence-electron chi connectivity index (χ3n) is 4.91. The van der Waals surface area contributed by atoms with Gasteiger partial charge in [-0.3, -0.25) is 4.79 Å². The van der Waals surface area contributed by atoms with Crippen LogP contribution in [0, 0.1) is 6.92 Å². The Bertz CT molecular complexity index is 1110. The zero-order chi connectivity index (χ0) is 22.6. The summed E-state index contributed by atoms with van der Waals surface area (Å²) in [5.74, 6) is -1.20. The number of rotatable bonds is 8. The van der Waals surface area contributed by atoms with Crippen LogP contribution in [0.3, 0.4) is 0 Å². The number of carbonyl (C=O) groups is 2. The number of carbonyl (C=O) groups excluding carboxylic acids is 2. The Balaban J connectivity index is 1.77. The number of β-amino-alcohol motifs (C(OH)–C–C–N with tert-alkyl or cyclic N) is 1. The highest BCUT2D eigenvalue weighted by Crippen LogP contribution is 2.24. The lowest BCUT2D eigenvalue weighted by Gasteiger charge is -2.15. The fourth-order valence-corrected chi connectivity index (χ4v) is 4.57. The number of sulfone groups is 1. The van der Waals surface area contributed by atoms with Crippen molar-refractivity contribution in [1.29, 1.82) is 0 Å². The molecule has 8 nitrogen and oxygen atoms in total. The Labute approximate surface area is 181 Å². The molecule has 0 unspecified atom stereocenters. The molecule has 0 saturated carbocycles. The van der Waals surface area contributed by atoms with Gasteiger partial charge < -0.3 is 20.1 Å². The average molecular weight is 445 g/mol. The molecule has 0 aromatic heterocycles. The van der Waals surface area contributed by atoms with Gasteiger partial charge in [0.25, 0.3) is 5.91 Å². The first-order valence-electron chi connectivity index (χ1n) is 9.62. The summed E-state index contributed by atoms with van der Waals surface area (Å²) in [6.07, 6.45) is 0. The number of anilines is 1. The molecule has 3 rings (SSSR count). The lowest BCUT2D eigenvalue weighted by Crippen LogP contribution is -2.31. The van der Waals surface area contributed by atoms with E-state index in [-0.39, 0.29) is 41.6 Å². The van der Waals surface area contributed by atoms with Gasteiger partial charge in [-0.1, -0.05) is 29.8 Å². The Kier molecular flexibility index (Phi) is 6.77. The van der Waals surface area contributed by atoms with Gasteiger partial charge in [0.15, 0.2) is 9.84 Å². The molecule has 0 saturated heterocycles. The van der Waals surface area contributed by atoms with Crippen molar-refractivity contribution < 1.29 is 27.9 Å². The second-order valence-electron chi connectivity index (χ2n) is 7.19. The first kappa shape index (κ1) is 22.5. The van der Waals surface area contributed by atoms with E-state index in [1.54, 1.807) is 48.5 Å². The van der Waals surface area contributed by atoms with Crippen LogP contribution in [0.15, 0.2) is 64.7 Å². The molecular weight excluding hydrogens is 420 g/mol. The number of aryl methyl sites for hydroxylation is 1. The largest absolute Gasteiger partial charge is 0.466 e. The average Bonchev–Trinajstić information content (AvgIpc) is 3.05. The van der Waals surface area contributed by atoms with Crippen molar-refractivity contribution in [2.45, 2.75) is 17.6 Å². The minimum Gasteiger partial charge on any atom is -0.466 e. The number of methoxy groups -OCH3 is 1. The van der Waals surface area contributed by atoms with E-state index in [0.29, 0.717) is 11.3 Å². The topological polar surface area (TPSA) is 113 Å². The minimum atomic E-state index is -3.49. The summed E-state index contributed by atoms with van der Waals surface area (Å²) in [6.45, 7) is 1.81. The minimum absolute atomic E-state index is 0.0429. The van der Waals surface area contributed by atoms with Gasteiger partial charge in [-0.05, 0) is 36.8 Å². The second-order valence-corrected chi connectivity index (χ2v) is 9.18. The van der Waals surface area contributed by atoms with Crippen molar-refractivity contribution in [2.24, 2.45) is 0 Å². The predicted molar refractivity (Wildman–Crippen MR) is 115 cm³/mol. The highest BCUT2D eigenvalue weighted by atomic mass is 32.2. The summed E-state index contributed by atoms with van der Waals surface area (Å²) in [5.41, 5.74) is 2.35. The van der Waals surface area contributed by atoms with Gasteiger partial charge in [0.1, 0.15) is 5.70 Å². The molecule has 0 radical (unpaired) electrons. The molecule has 2 aromatic carbocycles. The van der Waals surface area contributed by atoms with E-state index in [9.17, 15) is 18.0 Å². The smallest absolute Gasteiger partial charge is 0.337 e. The summed E-state index contributed by atoms with van der Waals surface area (Å²) >= 11 is 0. The van der Waals surface area contributed by atoms with Crippen molar-refractivity contribution >= 4 is 27.4 Å². The summed E-state index contributed by atoms with van der Waals surface area (Å²) < 4.78 is 30.0. The van der Waals surface area contributed by atoms with Gasteiger partial charge >= 0.3 is 5.97 Å². The molecule has 9 heteroatoms. The number of hydrogen-bond donors (Lipinski definition) is 2. The van der Waals surface area contributed by atoms with Gasteiger partial charge in [0.05, 0.1) is 36.5 Å². The molecule has 1 aliphatic rings. The molecule has 31 heavy (non-hydrogen) atoms. The first-order valence-corrected chi connectivity index (χ1v) is 11.3. The zero-order valence-corrected chi connectivity index (χ0v) is 18.1. The number of nitrogens with one attached hydrogen (secondary N) is 1. The van der Waals surface area contributed by atoms with Crippen LogP contribution in [0.4, 0.5) is 5.69 Å². The van der Waals surface area contributed by atoms with Crippen LogP contribution in [0.25, 0.3) is 0 Å². The van der Waals surface area contributed by atoms with E-state index >= 15 is 0 Å². The normalized spacial score (nSPS) is 14.2. The molecule has 1 aliphatic heterocycles. The molecule has 2 N–H and O–H groups in total. The maximum atomic E-state index is 12.6. The molecule has 0 fully saturated rings. The summed E-state index contributed by atoms with van der Waals surface area (Å²) in [6, 6.07) is 13.3. The third kappa shape index (κ3) is 5.12. The van der Waals surface area contributed by atoms with Gasteiger partial charge in [0.2, 0.25) is 0 Å². The molecule has 0 atom stereocenters. The molecule has 1 heterocycles. The summed E-state index contributed by atoms with van der Waals surface area (Å²) in [5, 5.41) is 12.1. The van der Waals surface area contributed by atoms with Crippen molar-refractivity contribution in [2.75, 3.05) is 32.1 Å². The lowest BCUT2D eigenvalue weighted by atomic mass is 10.2. The number of hydrogen-bond acceptors (Lipinski definition) is 7. The van der Waals surface area contributed by atoms with Crippen molar-refractivity contribution in [3.8, 4) is 0 Å². The molecule has 0 spiro atoms. The Morgan fingerprint density at radius 2 is 1.77 bits per heavy atom. The van der Waals surface area contributed by atoms with Gasteiger partial charge in [-0.2, -0.15) is 0 Å². The monoisotopic (exact) mass is 444 g/mol.